The Hall–Kier alpha value is -2.11. The van der Waals surface area contributed by atoms with Gasteiger partial charge in [-0.2, -0.15) is 0 Å². The van der Waals surface area contributed by atoms with E-state index in [4.69, 9.17) is 9.31 Å². The van der Waals surface area contributed by atoms with E-state index in [0.717, 1.165) is 22.4 Å². The van der Waals surface area contributed by atoms with Gasteiger partial charge in [0, 0.05) is 5.69 Å². The first-order valence-corrected chi connectivity index (χ1v) is 8.65. The van der Waals surface area contributed by atoms with E-state index in [0.29, 0.717) is 6.42 Å². The van der Waals surface area contributed by atoms with E-state index in [1.165, 1.54) is 0 Å². The predicted octanol–water partition coefficient (Wildman–Crippen LogP) is 3.21. The molecule has 0 aromatic heterocycles. The Balaban J connectivity index is 1.72. The van der Waals surface area contributed by atoms with E-state index in [9.17, 15) is 4.79 Å². The number of rotatable bonds is 2. The molecule has 2 aromatic rings. The first-order valence-electron chi connectivity index (χ1n) is 8.65. The molecule has 0 aliphatic carbocycles. The van der Waals surface area contributed by atoms with Crippen LogP contribution in [0.5, 0.6) is 0 Å². The van der Waals surface area contributed by atoms with Crippen LogP contribution in [0.2, 0.25) is 0 Å². The number of para-hydroxylation sites is 1. The minimum absolute atomic E-state index is 0.0901. The summed E-state index contributed by atoms with van der Waals surface area (Å²) in [4.78, 5) is 14.3. The number of benzene rings is 2. The van der Waals surface area contributed by atoms with E-state index < -0.39 is 7.12 Å². The Morgan fingerprint density at radius 3 is 2.24 bits per heavy atom. The van der Waals surface area contributed by atoms with E-state index in [1.54, 1.807) is 4.90 Å². The van der Waals surface area contributed by atoms with Crippen LogP contribution in [0.25, 0.3) is 0 Å². The summed E-state index contributed by atoms with van der Waals surface area (Å²) in [5.41, 5.74) is 3.01. The number of carbonyl (C=O) groups excluding carboxylic acids is 1. The van der Waals surface area contributed by atoms with Crippen molar-refractivity contribution >= 4 is 29.9 Å². The van der Waals surface area contributed by atoms with Crippen molar-refractivity contribution in [2.24, 2.45) is 0 Å². The molecule has 0 atom stereocenters. The molecule has 1 fully saturated rings. The van der Waals surface area contributed by atoms with Gasteiger partial charge in [0.15, 0.2) is 0 Å². The van der Waals surface area contributed by atoms with Gasteiger partial charge in [-0.25, -0.2) is 0 Å². The van der Waals surface area contributed by atoms with Crippen LogP contribution in [0.4, 0.5) is 11.4 Å². The van der Waals surface area contributed by atoms with E-state index in [1.807, 2.05) is 76.2 Å². The van der Waals surface area contributed by atoms with Crippen molar-refractivity contribution in [3.05, 3.63) is 54.1 Å². The number of hydrogen-bond donors (Lipinski definition) is 0. The van der Waals surface area contributed by atoms with Gasteiger partial charge in [-0.1, -0.05) is 30.3 Å². The fraction of sp³-hybridized carbons (Fsp3) is 0.350. The zero-order valence-corrected chi connectivity index (χ0v) is 15.1. The topological polar surface area (TPSA) is 38.8 Å². The molecular weight excluding hydrogens is 313 g/mol. The van der Waals surface area contributed by atoms with Gasteiger partial charge in [0.25, 0.3) is 0 Å². The van der Waals surface area contributed by atoms with Crippen molar-refractivity contribution in [2.75, 3.05) is 4.90 Å². The Bertz CT molecular complexity index is 816. The van der Waals surface area contributed by atoms with Crippen LogP contribution >= 0.6 is 0 Å². The number of amides is 1. The van der Waals surface area contributed by atoms with Crippen LogP contribution < -0.4 is 10.4 Å². The molecule has 0 unspecified atom stereocenters. The Labute approximate surface area is 148 Å². The van der Waals surface area contributed by atoms with Crippen molar-refractivity contribution < 1.29 is 14.1 Å². The maximum absolute atomic E-state index is 12.5. The first kappa shape index (κ1) is 16.4. The fourth-order valence-electron chi connectivity index (χ4n) is 3.30. The second-order valence-electron chi connectivity index (χ2n) is 7.72. The fourth-order valence-corrected chi connectivity index (χ4v) is 3.30. The normalized spacial score (nSPS) is 20.9. The molecule has 1 amide bonds. The molecule has 0 spiro atoms. The van der Waals surface area contributed by atoms with Gasteiger partial charge in [0.2, 0.25) is 5.91 Å². The second kappa shape index (κ2) is 5.45. The van der Waals surface area contributed by atoms with Crippen molar-refractivity contribution in [3.8, 4) is 0 Å². The largest absolute Gasteiger partial charge is 0.494 e. The van der Waals surface area contributed by atoms with Crippen molar-refractivity contribution in [3.63, 3.8) is 0 Å². The lowest BCUT2D eigenvalue weighted by Gasteiger charge is -2.32. The zero-order chi connectivity index (χ0) is 17.8. The lowest BCUT2D eigenvalue weighted by Crippen LogP contribution is -2.41. The lowest BCUT2D eigenvalue weighted by molar-refractivity contribution is -0.116. The van der Waals surface area contributed by atoms with Gasteiger partial charge >= 0.3 is 7.12 Å². The third-order valence-corrected chi connectivity index (χ3v) is 5.48. The van der Waals surface area contributed by atoms with Crippen LogP contribution in [0.15, 0.2) is 48.5 Å². The molecule has 2 heterocycles. The summed E-state index contributed by atoms with van der Waals surface area (Å²) in [6.45, 7) is 8.17. The average Bonchev–Trinajstić information content (AvgIpc) is 2.99. The van der Waals surface area contributed by atoms with Crippen LogP contribution in [0, 0.1) is 0 Å². The first-order chi connectivity index (χ1) is 11.8. The summed E-state index contributed by atoms with van der Waals surface area (Å²) in [5.74, 6) is 0.0901. The van der Waals surface area contributed by atoms with Crippen LogP contribution in [0.3, 0.4) is 0 Å². The summed E-state index contributed by atoms with van der Waals surface area (Å²) in [6, 6.07) is 15.8. The van der Waals surface area contributed by atoms with Gasteiger partial charge in [-0.3, -0.25) is 9.69 Å². The Kier molecular flexibility index (Phi) is 3.57. The van der Waals surface area contributed by atoms with E-state index in [-0.39, 0.29) is 17.1 Å². The highest BCUT2D eigenvalue weighted by Gasteiger charge is 2.52. The summed E-state index contributed by atoms with van der Waals surface area (Å²) in [6.07, 6.45) is 0.424. The Morgan fingerprint density at radius 2 is 1.60 bits per heavy atom. The van der Waals surface area contributed by atoms with E-state index >= 15 is 0 Å². The second-order valence-corrected chi connectivity index (χ2v) is 7.72. The van der Waals surface area contributed by atoms with Crippen molar-refractivity contribution in [2.45, 2.75) is 45.3 Å². The maximum atomic E-state index is 12.5. The van der Waals surface area contributed by atoms with Gasteiger partial charge in [-0.05, 0) is 56.9 Å². The molecule has 0 N–H and O–H groups in total. The number of hydrogen-bond acceptors (Lipinski definition) is 3. The number of anilines is 2. The molecule has 128 valence electrons. The van der Waals surface area contributed by atoms with Gasteiger partial charge in [0.05, 0.1) is 23.3 Å². The highest BCUT2D eigenvalue weighted by molar-refractivity contribution is 6.62. The number of carbonyl (C=O) groups is 1. The van der Waals surface area contributed by atoms with Gasteiger partial charge < -0.3 is 9.31 Å². The molecule has 5 heteroatoms. The number of fused-ring (bicyclic) bond motifs is 1. The maximum Gasteiger partial charge on any atom is 0.494 e. The van der Waals surface area contributed by atoms with Gasteiger partial charge in [-0.15, -0.1) is 0 Å². The molecule has 1 saturated heterocycles. The summed E-state index contributed by atoms with van der Waals surface area (Å²) in [7, 11) is -0.427. The SMILES string of the molecule is CC1(C)OB(c2ccc3c(c2)N(c2ccccc2)C(=O)C3)OC1(C)C. The summed E-state index contributed by atoms with van der Waals surface area (Å²) >= 11 is 0. The van der Waals surface area contributed by atoms with Gasteiger partial charge in [0.1, 0.15) is 0 Å². The molecule has 0 bridgehead atoms. The predicted molar refractivity (Wildman–Crippen MR) is 99.5 cm³/mol. The average molecular weight is 335 g/mol. The van der Waals surface area contributed by atoms with Crippen LogP contribution in [-0.4, -0.2) is 24.2 Å². The van der Waals surface area contributed by atoms with Crippen molar-refractivity contribution in [1.82, 2.24) is 0 Å². The van der Waals surface area contributed by atoms with Crippen molar-refractivity contribution in [1.29, 1.82) is 0 Å². The molecule has 25 heavy (non-hydrogen) atoms. The monoisotopic (exact) mass is 335 g/mol. The lowest BCUT2D eigenvalue weighted by atomic mass is 9.78. The highest BCUT2D eigenvalue weighted by atomic mass is 16.7. The molecule has 0 radical (unpaired) electrons. The molecule has 4 rings (SSSR count). The molecule has 0 saturated carbocycles. The van der Waals surface area contributed by atoms with Crippen LogP contribution in [-0.2, 0) is 20.5 Å². The number of nitrogens with zero attached hydrogens (tertiary/aromatic N) is 1. The molecule has 2 aliphatic rings. The highest BCUT2D eigenvalue weighted by Crippen LogP contribution is 2.38. The third kappa shape index (κ3) is 2.59. The molecule has 2 aromatic carbocycles. The molecule has 4 nitrogen and oxygen atoms in total. The third-order valence-electron chi connectivity index (χ3n) is 5.48. The minimum atomic E-state index is -0.427. The van der Waals surface area contributed by atoms with Crippen LogP contribution in [0.1, 0.15) is 33.3 Å². The summed E-state index contributed by atoms with van der Waals surface area (Å²) in [5, 5.41) is 0. The molecular formula is C20H22BNO3. The standard InChI is InChI=1S/C20H22BNO3/c1-19(2)20(3,4)25-21(24-19)15-11-10-14-12-18(23)22(17(14)13-15)16-8-6-5-7-9-16/h5-11,13H,12H2,1-4H3. The minimum Gasteiger partial charge on any atom is -0.399 e. The molecule has 2 aliphatic heterocycles. The Morgan fingerprint density at radius 1 is 0.960 bits per heavy atom. The van der Waals surface area contributed by atoms with E-state index in [2.05, 4.69) is 0 Å². The summed E-state index contributed by atoms with van der Waals surface area (Å²) < 4.78 is 12.3. The zero-order valence-electron chi connectivity index (χ0n) is 15.1. The quantitative estimate of drug-likeness (QED) is 0.791. The smallest absolute Gasteiger partial charge is 0.399 e.